The summed E-state index contributed by atoms with van der Waals surface area (Å²) in [7, 11) is 0. The van der Waals surface area contributed by atoms with E-state index in [0.29, 0.717) is 32.1 Å². The number of esters is 6. The number of carbonyl (C=O) groups excluding carboxylic acids is 8. The molecule has 499 valence electrons. The second-order valence-electron chi connectivity index (χ2n) is 20.1. The second-order valence-corrected chi connectivity index (χ2v) is 20.1. The minimum Gasteiger partial charge on any atom is -1.00 e. The Morgan fingerprint density at radius 3 is 0.826 bits per heavy atom. The Kier molecular flexibility index (Phi) is 85.3. The average molecular weight is 1250 g/mol. The minimum absolute atomic E-state index is 0. The number of aliphatic hydroxyl groups is 3. The molecule has 25 heteroatoms. The van der Waals surface area contributed by atoms with Gasteiger partial charge in [0.15, 0.2) is 25.1 Å². The molecule has 0 saturated heterocycles. The van der Waals surface area contributed by atoms with Crippen molar-refractivity contribution in [2.45, 2.75) is 285 Å². The summed E-state index contributed by atoms with van der Waals surface area (Å²) in [6, 6.07) is 0. The van der Waals surface area contributed by atoms with Gasteiger partial charge in [0, 0.05) is 53.4 Å². The number of ether oxygens (including phenoxy) is 6. The maximum Gasteiger partial charge on any atom is 1.00 e. The van der Waals surface area contributed by atoms with Crippen molar-refractivity contribution in [2.24, 2.45) is 0 Å². The van der Waals surface area contributed by atoms with Crippen molar-refractivity contribution in [1.29, 1.82) is 0 Å². The van der Waals surface area contributed by atoms with Gasteiger partial charge in [-0.1, -0.05) is 183 Å². The van der Waals surface area contributed by atoms with Crippen molar-refractivity contribution in [3.05, 3.63) is 10.1 Å². The number of unbranched alkanes of at least 4 members (excludes halogenated alkanes) is 21. The minimum atomic E-state index is -1.10. The third kappa shape index (κ3) is 86.2. The van der Waals surface area contributed by atoms with Gasteiger partial charge in [-0.3, -0.25) is 43.2 Å². The second kappa shape index (κ2) is 76.9. The Hall–Kier alpha value is -4.23. The van der Waals surface area contributed by atoms with E-state index in [1.165, 1.54) is 6.42 Å². The Balaban J connectivity index is -0.000000158. The summed E-state index contributed by atoms with van der Waals surface area (Å²) in [4.78, 5) is 115. The molecule has 0 rings (SSSR count). The third-order valence-corrected chi connectivity index (χ3v) is 11.8. The predicted octanol–water partition coefficient (Wildman–Crippen LogP) is 7.86. The first-order valence-corrected chi connectivity index (χ1v) is 31.2. The number of hydrogen-bond donors (Lipinski definition) is 4. The van der Waals surface area contributed by atoms with Crippen LogP contribution in [-0.2, 0) is 76.4 Å². The van der Waals surface area contributed by atoms with Gasteiger partial charge < -0.3 is 55.1 Å². The molecule has 4 N–H and O–H groups in total. The molecule has 86 heavy (non-hydrogen) atoms. The molecular formula is C61H114BNNaO22. The molecule has 3 radical (unpaired) electrons. The summed E-state index contributed by atoms with van der Waals surface area (Å²) in [6.45, 7) is 12.1. The molecule has 0 unspecified atom stereocenters. The summed E-state index contributed by atoms with van der Waals surface area (Å²) in [6.07, 6.45) is 28.1. The Labute approximate surface area is 540 Å². The SMILES string of the molecule is CCCCCCC(=O)O.CCCCCCC(=O)OCC(=O)COC(=O)CCCCCC.CCCCCCC(=O)OCC(COC(=O)CCCCCC)O[N+](=O)[O-].CCCCCCC(=O)OCC(O)COC(=O)CCCCCC.O=C(CO)CO.[B].[H-].[Na+]. The van der Waals surface area contributed by atoms with Gasteiger partial charge in [0.05, 0.1) is 0 Å². The molecule has 0 aliphatic carbocycles. The first kappa shape index (κ1) is 95.4. The number of carboxylic acid groups (broad SMARTS) is 1. The zero-order valence-corrected chi connectivity index (χ0v) is 56.2. The normalized spacial score (nSPS) is 10.0. The van der Waals surface area contributed by atoms with Crippen LogP contribution in [0.1, 0.15) is 275 Å². The van der Waals surface area contributed by atoms with E-state index in [2.05, 4.69) is 53.3 Å². The number of ketones is 2. The number of rotatable bonds is 51. The molecule has 0 amide bonds. The third-order valence-electron chi connectivity index (χ3n) is 11.8. The first-order valence-electron chi connectivity index (χ1n) is 31.2. The molecule has 0 aromatic heterocycles. The molecule has 0 saturated carbocycles. The number of carboxylic acids is 1. The van der Waals surface area contributed by atoms with E-state index < -0.39 is 54.2 Å². The van der Waals surface area contributed by atoms with E-state index >= 15 is 0 Å². The average Bonchev–Trinajstić information content (AvgIpc) is 3.51. The number of nitrogens with zero attached hydrogens (tertiary/aromatic N) is 1. The van der Waals surface area contributed by atoms with Gasteiger partial charge >= 0.3 is 71.3 Å². The van der Waals surface area contributed by atoms with Crippen molar-refractivity contribution in [3.8, 4) is 0 Å². The standard InChI is InChI=1S/C17H31NO7.C17H32O5.C17H30O5.C7H14O2.C3H6O3.B.Na.H/c1-3-5-7-9-11-16(19)23-13-15(25-18(21)22)14-24-17(20)12-10-8-6-4-2;2*1-3-5-7-9-11-16(19)21-13-15(18)14-22-17(20)12-10-8-6-4-2;1-2-3-4-5-6-7(8)9;4-1-3(6)2-5;;;/h15H,3-14H2,1-2H3;15,18H,3-14H2,1-2H3;3-14H2,1-2H3;2-6H2,1H3,(H,8,9);4-5H,1-2H2;;;/q;;;;;;+1;-1. The molecule has 0 fully saturated rings. The van der Waals surface area contributed by atoms with Crippen LogP contribution in [0.3, 0.4) is 0 Å². The van der Waals surface area contributed by atoms with E-state index in [-0.39, 0.29) is 122 Å². The maximum absolute atomic E-state index is 11.6. The van der Waals surface area contributed by atoms with Gasteiger partial charge in [0.2, 0.25) is 5.78 Å². The zero-order chi connectivity index (χ0) is 64.3. The van der Waals surface area contributed by atoms with Crippen molar-refractivity contribution in [3.63, 3.8) is 0 Å². The van der Waals surface area contributed by atoms with Crippen molar-refractivity contribution in [1.82, 2.24) is 0 Å². The van der Waals surface area contributed by atoms with Gasteiger partial charge in [0.1, 0.15) is 45.7 Å². The first-order chi connectivity index (χ1) is 40.3. The Morgan fingerprint density at radius 2 is 0.616 bits per heavy atom. The molecule has 0 aromatic rings. The van der Waals surface area contributed by atoms with Crippen LogP contribution in [0.4, 0.5) is 0 Å². The zero-order valence-electron chi connectivity index (χ0n) is 55.2. The van der Waals surface area contributed by atoms with Crippen LogP contribution < -0.4 is 29.6 Å². The van der Waals surface area contributed by atoms with E-state index in [1.54, 1.807) is 0 Å². The summed E-state index contributed by atoms with van der Waals surface area (Å²) < 4.78 is 29.5. The largest absolute Gasteiger partial charge is 1.00 e. The van der Waals surface area contributed by atoms with Gasteiger partial charge in [-0.2, -0.15) is 0 Å². The monoisotopic (exact) mass is 1250 g/mol. The molecule has 0 bridgehead atoms. The number of Topliss-reactive ketones (excluding diaryl/α,β-unsaturated/α-hetero) is 2. The van der Waals surface area contributed by atoms with Crippen LogP contribution in [0, 0.1) is 10.1 Å². The van der Waals surface area contributed by atoms with Crippen molar-refractivity contribution < 1.29 is 133 Å². The van der Waals surface area contributed by atoms with Crippen LogP contribution in [0.2, 0.25) is 0 Å². The van der Waals surface area contributed by atoms with Crippen LogP contribution in [0.15, 0.2) is 0 Å². The number of carbonyl (C=O) groups is 9. The quantitative estimate of drug-likeness (QED) is 0.0112. The summed E-state index contributed by atoms with van der Waals surface area (Å²) in [5.74, 6) is -3.81. The Bertz CT molecular complexity index is 1560. The van der Waals surface area contributed by atoms with Crippen LogP contribution in [0.5, 0.6) is 0 Å². The fourth-order valence-corrected chi connectivity index (χ4v) is 6.76. The molecular weight excluding hydrogens is 1130 g/mol. The fourth-order valence-electron chi connectivity index (χ4n) is 6.76. The summed E-state index contributed by atoms with van der Waals surface area (Å²) >= 11 is 0. The van der Waals surface area contributed by atoms with Gasteiger partial charge in [-0.25, -0.2) is 0 Å². The van der Waals surface area contributed by atoms with Crippen molar-refractivity contribution in [2.75, 3.05) is 52.9 Å². The van der Waals surface area contributed by atoms with Gasteiger partial charge in [0.25, 0.3) is 5.09 Å². The molecule has 0 aromatic carbocycles. The van der Waals surface area contributed by atoms with Crippen LogP contribution in [0.25, 0.3) is 0 Å². The van der Waals surface area contributed by atoms with E-state index in [1.807, 2.05) is 0 Å². The number of aliphatic carboxylic acids is 1. The number of aliphatic hydroxyl groups excluding tert-OH is 3. The van der Waals surface area contributed by atoms with E-state index in [4.69, 9.17) is 43.7 Å². The molecule has 0 spiro atoms. The molecule has 0 aliphatic rings. The Morgan fingerprint density at radius 1 is 0.384 bits per heavy atom. The van der Waals surface area contributed by atoms with Crippen molar-refractivity contribution >= 4 is 61.8 Å². The molecule has 0 aliphatic heterocycles. The topological polar surface area (TPSA) is 342 Å². The number of hydrogen-bond acceptors (Lipinski definition) is 21. The van der Waals surface area contributed by atoms with Crippen LogP contribution >= 0.6 is 0 Å². The maximum atomic E-state index is 11.6. The van der Waals surface area contributed by atoms with E-state index in [0.717, 1.165) is 173 Å². The predicted molar refractivity (Wildman–Crippen MR) is 324 cm³/mol. The van der Waals surface area contributed by atoms with E-state index in [9.17, 15) is 58.4 Å². The fraction of sp³-hybridized carbons (Fsp3) is 0.852. The summed E-state index contributed by atoms with van der Waals surface area (Å²) in [5, 5.41) is 43.0. The van der Waals surface area contributed by atoms with Gasteiger partial charge in [-0.05, 0) is 44.9 Å². The molecule has 0 heterocycles. The molecule has 23 nitrogen and oxygen atoms in total. The summed E-state index contributed by atoms with van der Waals surface area (Å²) in [5.41, 5.74) is 0. The van der Waals surface area contributed by atoms with Crippen LogP contribution in [-0.4, -0.2) is 152 Å². The molecule has 0 atom stereocenters. The van der Waals surface area contributed by atoms with Gasteiger partial charge in [-0.15, -0.1) is 10.1 Å². The smallest absolute Gasteiger partial charge is 1.00 e.